The first-order chi connectivity index (χ1) is 12.5. The van der Waals surface area contributed by atoms with E-state index in [1.807, 2.05) is 31.2 Å². The maximum Gasteiger partial charge on any atom is 0.251 e. The molecule has 0 saturated carbocycles. The predicted octanol–water partition coefficient (Wildman–Crippen LogP) is 3.90. The van der Waals surface area contributed by atoms with E-state index >= 15 is 0 Å². The molecule has 0 heterocycles. The smallest absolute Gasteiger partial charge is 0.251 e. The second kappa shape index (κ2) is 9.18. The van der Waals surface area contributed by atoms with Crippen molar-refractivity contribution < 1.29 is 9.59 Å². The summed E-state index contributed by atoms with van der Waals surface area (Å²) in [5.74, 6) is -0.123. The van der Waals surface area contributed by atoms with E-state index in [1.54, 1.807) is 17.9 Å². The van der Waals surface area contributed by atoms with Gasteiger partial charge in [0.15, 0.2) is 0 Å². The van der Waals surface area contributed by atoms with Crippen molar-refractivity contribution >= 4 is 17.5 Å². The number of aryl methyl sites for hydroxylation is 3. The highest BCUT2D eigenvalue weighted by molar-refractivity contribution is 5.95. The number of nitrogens with one attached hydrogen (secondary N) is 1. The Balaban J connectivity index is 2.13. The van der Waals surface area contributed by atoms with E-state index in [0.29, 0.717) is 18.7 Å². The van der Waals surface area contributed by atoms with Crippen LogP contribution in [0.4, 0.5) is 5.69 Å². The summed E-state index contributed by atoms with van der Waals surface area (Å²) < 4.78 is 0. The van der Waals surface area contributed by atoms with Crippen LogP contribution in [0.25, 0.3) is 0 Å². The lowest BCUT2D eigenvalue weighted by atomic mass is 10.0. The summed E-state index contributed by atoms with van der Waals surface area (Å²) in [6, 6.07) is 13.7. The van der Waals surface area contributed by atoms with Gasteiger partial charge in [0.25, 0.3) is 5.91 Å². The third-order valence-corrected chi connectivity index (χ3v) is 4.52. The minimum atomic E-state index is -0.114. The molecule has 0 bridgehead atoms. The fraction of sp³-hybridized carbons (Fsp3) is 0.364. The van der Waals surface area contributed by atoms with Gasteiger partial charge < -0.3 is 10.2 Å². The van der Waals surface area contributed by atoms with Crippen LogP contribution in [0.3, 0.4) is 0 Å². The van der Waals surface area contributed by atoms with Crippen LogP contribution in [0.5, 0.6) is 0 Å². The van der Waals surface area contributed by atoms with E-state index in [-0.39, 0.29) is 11.8 Å². The number of hydrogen-bond donors (Lipinski definition) is 1. The van der Waals surface area contributed by atoms with Gasteiger partial charge in [0, 0.05) is 25.6 Å². The highest BCUT2D eigenvalue weighted by Gasteiger charge is 2.18. The number of para-hydroxylation sites is 1. The monoisotopic (exact) mass is 352 g/mol. The molecular weight excluding hydrogens is 324 g/mol. The molecule has 0 aliphatic carbocycles. The molecule has 138 valence electrons. The lowest BCUT2D eigenvalue weighted by Crippen LogP contribution is -2.38. The predicted molar refractivity (Wildman–Crippen MR) is 107 cm³/mol. The molecule has 0 aliphatic heterocycles. The number of amides is 2. The molecule has 0 saturated heterocycles. The molecule has 2 rings (SSSR count). The van der Waals surface area contributed by atoms with Gasteiger partial charge in [0.05, 0.1) is 5.69 Å². The van der Waals surface area contributed by atoms with Crippen molar-refractivity contribution in [3.63, 3.8) is 0 Å². The van der Waals surface area contributed by atoms with E-state index in [2.05, 4.69) is 31.3 Å². The number of anilines is 1. The lowest BCUT2D eigenvalue weighted by molar-refractivity contribution is -0.116. The average molecular weight is 352 g/mol. The van der Waals surface area contributed by atoms with Gasteiger partial charge in [-0.2, -0.15) is 0 Å². The van der Waals surface area contributed by atoms with Crippen LogP contribution in [-0.2, 0) is 17.6 Å². The fourth-order valence-corrected chi connectivity index (χ4v) is 3.16. The first-order valence-corrected chi connectivity index (χ1v) is 9.21. The molecule has 2 amide bonds. The molecule has 0 unspecified atom stereocenters. The molecule has 2 aromatic rings. The van der Waals surface area contributed by atoms with E-state index in [1.165, 1.54) is 0 Å². The molecular formula is C22H28N2O2. The Labute approximate surface area is 156 Å². The fourth-order valence-electron chi connectivity index (χ4n) is 3.16. The molecule has 0 fully saturated rings. The summed E-state index contributed by atoms with van der Waals surface area (Å²) in [5.41, 5.74) is 5.00. The van der Waals surface area contributed by atoms with Gasteiger partial charge in [0.1, 0.15) is 0 Å². The summed E-state index contributed by atoms with van der Waals surface area (Å²) in [6.07, 6.45) is 1.73. The summed E-state index contributed by atoms with van der Waals surface area (Å²) >= 11 is 0. The standard InChI is InChI=1S/C22H28N2O2/c1-5-18-10-8-11-19(6-2)21(18)24(17(4)25)14-13-23-22(26)20-12-7-9-16(3)15-20/h7-12,15H,5-6,13-14H2,1-4H3,(H,23,26). The van der Waals surface area contributed by atoms with Crippen LogP contribution >= 0.6 is 0 Å². The summed E-state index contributed by atoms with van der Waals surface area (Å²) in [4.78, 5) is 26.4. The van der Waals surface area contributed by atoms with Gasteiger partial charge >= 0.3 is 0 Å². The number of rotatable bonds is 7. The zero-order valence-corrected chi connectivity index (χ0v) is 16.1. The highest BCUT2D eigenvalue weighted by atomic mass is 16.2. The van der Waals surface area contributed by atoms with Crippen molar-refractivity contribution in [1.82, 2.24) is 5.32 Å². The number of nitrogens with zero attached hydrogens (tertiary/aromatic N) is 1. The van der Waals surface area contributed by atoms with Crippen LogP contribution < -0.4 is 10.2 Å². The van der Waals surface area contributed by atoms with Crippen molar-refractivity contribution in [2.45, 2.75) is 40.5 Å². The zero-order valence-electron chi connectivity index (χ0n) is 16.1. The molecule has 0 spiro atoms. The van der Waals surface area contributed by atoms with E-state index in [4.69, 9.17) is 0 Å². The van der Waals surface area contributed by atoms with Gasteiger partial charge in [-0.15, -0.1) is 0 Å². The molecule has 0 atom stereocenters. The van der Waals surface area contributed by atoms with Crippen LogP contribution in [0.15, 0.2) is 42.5 Å². The quantitative estimate of drug-likeness (QED) is 0.821. The second-order valence-electron chi connectivity index (χ2n) is 6.43. The van der Waals surface area contributed by atoms with Gasteiger partial charge in [-0.25, -0.2) is 0 Å². The van der Waals surface area contributed by atoms with Crippen LogP contribution in [-0.4, -0.2) is 24.9 Å². The van der Waals surface area contributed by atoms with Gasteiger partial charge in [0.2, 0.25) is 5.91 Å². The van der Waals surface area contributed by atoms with Crippen molar-refractivity contribution in [3.05, 3.63) is 64.7 Å². The molecule has 0 radical (unpaired) electrons. The van der Waals surface area contributed by atoms with E-state index in [0.717, 1.165) is 35.2 Å². The minimum Gasteiger partial charge on any atom is -0.350 e. The molecule has 0 aliphatic rings. The number of carbonyl (C=O) groups excluding carboxylic acids is 2. The largest absolute Gasteiger partial charge is 0.350 e. The van der Waals surface area contributed by atoms with Crippen LogP contribution in [0.1, 0.15) is 47.8 Å². The molecule has 0 aromatic heterocycles. The highest BCUT2D eigenvalue weighted by Crippen LogP contribution is 2.27. The van der Waals surface area contributed by atoms with Gasteiger partial charge in [-0.05, 0) is 43.0 Å². The zero-order chi connectivity index (χ0) is 19.1. The van der Waals surface area contributed by atoms with Crippen LogP contribution in [0, 0.1) is 6.92 Å². The number of hydrogen-bond acceptors (Lipinski definition) is 2. The van der Waals surface area contributed by atoms with Gasteiger partial charge in [-0.1, -0.05) is 49.7 Å². The SMILES string of the molecule is CCc1cccc(CC)c1N(CCNC(=O)c1cccc(C)c1)C(C)=O. The Morgan fingerprint density at radius 1 is 1.00 bits per heavy atom. The normalized spacial score (nSPS) is 10.5. The summed E-state index contributed by atoms with van der Waals surface area (Å²) in [5, 5.41) is 2.92. The summed E-state index contributed by atoms with van der Waals surface area (Å²) in [7, 11) is 0. The maximum absolute atomic E-state index is 12.3. The Morgan fingerprint density at radius 3 is 2.15 bits per heavy atom. The average Bonchev–Trinajstić information content (AvgIpc) is 2.64. The van der Waals surface area contributed by atoms with Crippen LogP contribution in [0.2, 0.25) is 0 Å². The number of carbonyl (C=O) groups is 2. The van der Waals surface area contributed by atoms with Crippen molar-refractivity contribution in [2.24, 2.45) is 0 Å². The Kier molecular flexibility index (Phi) is 6.96. The lowest BCUT2D eigenvalue weighted by Gasteiger charge is -2.26. The molecule has 4 nitrogen and oxygen atoms in total. The third-order valence-electron chi connectivity index (χ3n) is 4.52. The van der Waals surface area contributed by atoms with E-state index < -0.39 is 0 Å². The molecule has 1 N–H and O–H groups in total. The first-order valence-electron chi connectivity index (χ1n) is 9.21. The van der Waals surface area contributed by atoms with Crippen molar-refractivity contribution in [2.75, 3.05) is 18.0 Å². The van der Waals surface area contributed by atoms with Crippen molar-refractivity contribution in [1.29, 1.82) is 0 Å². The third kappa shape index (κ3) is 4.72. The Bertz CT molecular complexity index is 761. The maximum atomic E-state index is 12.3. The summed E-state index contributed by atoms with van der Waals surface area (Å²) in [6.45, 7) is 8.59. The minimum absolute atomic E-state index is 0.00888. The number of benzene rings is 2. The molecule has 4 heteroatoms. The topological polar surface area (TPSA) is 49.4 Å². The Hall–Kier alpha value is -2.62. The second-order valence-corrected chi connectivity index (χ2v) is 6.43. The molecule has 26 heavy (non-hydrogen) atoms. The Morgan fingerprint density at radius 2 is 1.62 bits per heavy atom. The first kappa shape index (κ1) is 19.7. The molecule has 2 aromatic carbocycles. The van der Waals surface area contributed by atoms with Crippen molar-refractivity contribution in [3.8, 4) is 0 Å². The van der Waals surface area contributed by atoms with Gasteiger partial charge in [-0.3, -0.25) is 9.59 Å². The van der Waals surface area contributed by atoms with E-state index in [9.17, 15) is 9.59 Å².